The van der Waals surface area contributed by atoms with Gasteiger partial charge in [0.1, 0.15) is 5.82 Å². The van der Waals surface area contributed by atoms with Crippen LogP contribution in [-0.4, -0.2) is 18.4 Å². The first-order valence-corrected chi connectivity index (χ1v) is 7.61. The molecule has 1 N–H and O–H groups in total. The van der Waals surface area contributed by atoms with Gasteiger partial charge >= 0.3 is 0 Å². The van der Waals surface area contributed by atoms with Crippen LogP contribution in [0.4, 0.5) is 4.39 Å². The average Bonchev–Trinajstić information content (AvgIpc) is 2.42. The van der Waals surface area contributed by atoms with Gasteiger partial charge in [-0.05, 0) is 59.4 Å². The van der Waals surface area contributed by atoms with Crippen molar-refractivity contribution >= 4 is 21.7 Å². The molecule has 1 heterocycles. The van der Waals surface area contributed by atoms with E-state index in [-0.39, 0.29) is 17.6 Å². The van der Waals surface area contributed by atoms with Crippen molar-refractivity contribution in [2.75, 3.05) is 6.54 Å². The van der Waals surface area contributed by atoms with Crippen LogP contribution in [0.2, 0.25) is 0 Å². The molecule has 0 radical (unpaired) electrons. The lowest BCUT2D eigenvalue weighted by Crippen LogP contribution is -2.39. The molecule has 4 heteroatoms. The van der Waals surface area contributed by atoms with Gasteiger partial charge in [-0.25, -0.2) is 4.39 Å². The number of benzene rings is 1. The van der Waals surface area contributed by atoms with Crippen molar-refractivity contribution in [3.63, 3.8) is 0 Å². The molecule has 1 fully saturated rings. The normalized spacial score (nSPS) is 23.3. The molecule has 1 aromatic rings. The zero-order valence-electron chi connectivity index (χ0n) is 11.1. The van der Waals surface area contributed by atoms with E-state index in [9.17, 15) is 9.18 Å². The van der Waals surface area contributed by atoms with Crippen molar-refractivity contribution in [3.05, 3.63) is 34.1 Å². The minimum Gasteiger partial charge on any atom is -0.314 e. The van der Waals surface area contributed by atoms with Crippen molar-refractivity contribution in [1.29, 1.82) is 0 Å². The molecule has 2 nitrogen and oxygen atoms in total. The van der Waals surface area contributed by atoms with Crippen molar-refractivity contribution < 1.29 is 9.18 Å². The standard InChI is InChI=1S/C15H19BrFNO/c1-2-10-5-6-18-12(7-10)9-15(19)11-3-4-14(17)13(16)8-11/h3-4,8,10,12,18H,2,5-7,9H2,1H3. The maximum absolute atomic E-state index is 13.1. The summed E-state index contributed by atoms with van der Waals surface area (Å²) < 4.78 is 13.5. The highest BCUT2D eigenvalue weighted by Crippen LogP contribution is 2.23. The van der Waals surface area contributed by atoms with E-state index in [2.05, 4.69) is 28.2 Å². The van der Waals surface area contributed by atoms with Gasteiger partial charge in [0.2, 0.25) is 0 Å². The van der Waals surface area contributed by atoms with Gasteiger partial charge in [-0.2, -0.15) is 0 Å². The van der Waals surface area contributed by atoms with Gasteiger partial charge in [0.25, 0.3) is 0 Å². The SMILES string of the molecule is CCC1CCNC(CC(=O)c2ccc(F)c(Br)c2)C1. The summed E-state index contributed by atoms with van der Waals surface area (Å²) >= 11 is 3.12. The number of rotatable bonds is 4. The summed E-state index contributed by atoms with van der Waals surface area (Å²) in [5, 5.41) is 3.40. The van der Waals surface area contributed by atoms with Crippen LogP contribution in [0.15, 0.2) is 22.7 Å². The summed E-state index contributed by atoms with van der Waals surface area (Å²) in [5.41, 5.74) is 0.577. The molecule has 0 bridgehead atoms. The van der Waals surface area contributed by atoms with Gasteiger partial charge in [-0.3, -0.25) is 4.79 Å². The summed E-state index contributed by atoms with van der Waals surface area (Å²) in [7, 11) is 0. The second kappa shape index (κ2) is 6.62. The van der Waals surface area contributed by atoms with E-state index in [1.807, 2.05) is 0 Å². The van der Waals surface area contributed by atoms with E-state index in [1.165, 1.54) is 18.9 Å². The molecule has 1 saturated heterocycles. The van der Waals surface area contributed by atoms with Crippen LogP contribution < -0.4 is 5.32 Å². The Hall–Kier alpha value is -0.740. The van der Waals surface area contributed by atoms with Gasteiger partial charge < -0.3 is 5.32 Å². The Morgan fingerprint density at radius 2 is 2.32 bits per heavy atom. The Kier molecular flexibility index (Phi) is 5.11. The maximum atomic E-state index is 13.1. The molecule has 2 atom stereocenters. The largest absolute Gasteiger partial charge is 0.314 e. The predicted octanol–water partition coefficient (Wildman–Crippen LogP) is 3.94. The van der Waals surface area contributed by atoms with E-state index < -0.39 is 0 Å². The monoisotopic (exact) mass is 327 g/mol. The molecule has 2 unspecified atom stereocenters. The molecule has 0 amide bonds. The second-order valence-electron chi connectivity index (χ2n) is 5.21. The molecular formula is C15H19BrFNO. The van der Waals surface area contributed by atoms with E-state index in [0.717, 1.165) is 18.9 Å². The molecular weight excluding hydrogens is 309 g/mol. The number of piperidine rings is 1. The van der Waals surface area contributed by atoms with Gasteiger partial charge in [0, 0.05) is 18.0 Å². The van der Waals surface area contributed by atoms with E-state index >= 15 is 0 Å². The molecule has 0 aliphatic carbocycles. The predicted molar refractivity (Wildman–Crippen MR) is 77.9 cm³/mol. The number of nitrogens with one attached hydrogen (secondary N) is 1. The fraction of sp³-hybridized carbons (Fsp3) is 0.533. The van der Waals surface area contributed by atoms with Crippen LogP contribution in [0.25, 0.3) is 0 Å². The molecule has 1 aliphatic heterocycles. The fourth-order valence-corrected chi connectivity index (χ4v) is 3.01. The smallest absolute Gasteiger partial charge is 0.164 e. The van der Waals surface area contributed by atoms with Gasteiger partial charge in [0.05, 0.1) is 4.47 Å². The third-order valence-corrected chi connectivity index (χ3v) is 4.46. The number of halogens is 2. The quantitative estimate of drug-likeness (QED) is 0.848. The molecule has 0 spiro atoms. The summed E-state index contributed by atoms with van der Waals surface area (Å²) in [4.78, 5) is 12.2. The molecule has 19 heavy (non-hydrogen) atoms. The topological polar surface area (TPSA) is 29.1 Å². The van der Waals surface area contributed by atoms with Crippen LogP contribution in [0, 0.1) is 11.7 Å². The minimum absolute atomic E-state index is 0.0787. The van der Waals surface area contributed by atoms with Crippen LogP contribution >= 0.6 is 15.9 Å². The Morgan fingerprint density at radius 1 is 1.53 bits per heavy atom. The average molecular weight is 328 g/mol. The lowest BCUT2D eigenvalue weighted by atomic mass is 9.87. The third kappa shape index (κ3) is 3.86. The van der Waals surface area contributed by atoms with Crippen LogP contribution in [0.5, 0.6) is 0 Å². The molecule has 1 aliphatic rings. The number of hydrogen-bond acceptors (Lipinski definition) is 2. The zero-order valence-corrected chi connectivity index (χ0v) is 12.7. The van der Waals surface area contributed by atoms with Gasteiger partial charge in [-0.1, -0.05) is 13.3 Å². The number of ketones is 1. The van der Waals surface area contributed by atoms with E-state index in [0.29, 0.717) is 16.5 Å². The van der Waals surface area contributed by atoms with Crippen LogP contribution in [0.3, 0.4) is 0 Å². The van der Waals surface area contributed by atoms with Gasteiger partial charge in [0.15, 0.2) is 5.78 Å². The summed E-state index contributed by atoms with van der Waals surface area (Å²) in [6, 6.07) is 4.72. The third-order valence-electron chi connectivity index (χ3n) is 3.85. The number of carbonyl (C=O) groups excluding carboxylic acids is 1. The van der Waals surface area contributed by atoms with Crippen LogP contribution in [-0.2, 0) is 0 Å². The first kappa shape index (κ1) is 14.7. The first-order valence-electron chi connectivity index (χ1n) is 6.81. The van der Waals surface area contributed by atoms with Crippen molar-refractivity contribution in [2.24, 2.45) is 5.92 Å². The highest BCUT2D eigenvalue weighted by atomic mass is 79.9. The zero-order chi connectivity index (χ0) is 13.8. The molecule has 104 valence electrons. The Labute approximate surface area is 121 Å². The molecule has 2 rings (SSSR count). The molecule has 0 aromatic heterocycles. The maximum Gasteiger partial charge on any atom is 0.164 e. The van der Waals surface area contributed by atoms with Crippen LogP contribution in [0.1, 0.15) is 43.0 Å². The van der Waals surface area contributed by atoms with E-state index in [4.69, 9.17) is 0 Å². The molecule has 1 aromatic carbocycles. The highest BCUT2D eigenvalue weighted by molar-refractivity contribution is 9.10. The second-order valence-corrected chi connectivity index (χ2v) is 6.06. The first-order chi connectivity index (χ1) is 9.10. The Balaban J connectivity index is 1.98. The minimum atomic E-state index is -0.335. The lowest BCUT2D eigenvalue weighted by molar-refractivity contribution is 0.0957. The summed E-state index contributed by atoms with van der Waals surface area (Å²) in [6.07, 6.45) is 3.93. The number of carbonyl (C=O) groups is 1. The Bertz CT molecular complexity index is 463. The van der Waals surface area contributed by atoms with Gasteiger partial charge in [-0.15, -0.1) is 0 Å². The van der Waals surface area contributed by atoms with E-state index in [1.54, 1.807) is 12.1 Å². The molecule has 0 saturated carbocycles. The Morgan fingerprint density at radius 3 is 3.00 bits per heavy atom. The highest BCUT2D eigenvalue weighted by Gasteiger charge is 2.23. The number of hydrogen-bond donors (Lipinski definition) is 1. The summed E-state index contributed by atoms with van der Waals surface area (Å²) in [6.45, 7) is 3.19. The lowest BCUT2D eigenvalue weighted by Gasteiger charge is -2.29. The fourth-order valence-electron chi connectivity index (χ4n) is 2.63. The van der Waals surface area contributed by atoms with Crippen molar-refractivity contribution in [1.82, 2.24) is 5.32 Å². The van der Waals surface area contributed by atoms with Crippen molar-refractivity contribution in [2.45, 2.75) is 38.6 Å². The van der Waals surface area contributed by atoms with Crippen molar-refractivity contribution in [3.8, 4) is 0 Å². The summed E-state index contributed by atoms with van der Waals surface area (Å²) in [5.74, 6) is 0.465. The number of Topliss-reactive ketones (excluding diaryl/α,β-unsaturated/α-hetero) is 1.